The maximum absolute atomic E-state index is 4.45. The fourth-order valence-corrected chi connectivity index (χ4v) is 3.31. The Hall–Kier alpha value is -3.92. The van der Waals surface area contributed by atoms with Crippen molar-refractivity contribution in [3.05, 3.63) is 97.3 Å². The van der Waals surface area contributed by atoms with Crippen LogP contribution >= 0.6 is 0 Å². The molecule has 0 atom stereocenters. The number of rotatable bonds is 4. The van der Waals surface area contributed by atoms with Crippen molar-refractivity contribution >= 4 is 0 Å². The average Bonchev–Trinajstić information content (AvgIpc) is 3.46. The molecular formula is C24H18N4. The number of H-pyrrole nitrogens is 2. The summed E-state index contributed by atoms with van der Waals surface area (Å²) < 4.78 is 0. The van der Waals surface area contributed by atoms with Crippen molar-refractivity contribution in [2.45, 2.75) is 0 Å². The van der Waals surface area contributed by atoms with Gasteiger partial charge in [-0.3, -0.25) is 0 Å². The zero-order valence-corrected chi connectivity index (χ0v) is 15.1. The Bertz CT molecular complexity index is 1110. The fraction of sp³-hybridized carbons (Fsp3) is 0. The lowest BCUT2D eigenvalue weighted by atomic mass is 10.2. The van der Waals surface area contributed by atoms with Crippen LogP contribution in [0, 0.1) is 0 Å². The van der Waals surface area contributed by atoms with Crippen LogP contribution in [0.25, 0.3) is 45.3 Å². The van der Waals surface area contributed by atoms with Crippen molar-refractivity contribution in [3.8, 4) is 45.3 Å². The molecule has 3 aromatic heterocycles. The number of nitrogens with one attached hydrogen (secondary N) is 2. The first-order valence-electron chi connectivity index (χ1n) is 9.18. The van der Waals surface area contributed by atoms with E-state index in [2.05, 4.69) is 68.5 Å². The number of aromatic amines is 2. The Morgan fingerprint density at radius 1 is 0.464 bits per heavy atom. The molecule has 4 heteroatoms. The van der Waals surface area contributed by atoms with E-state index in [1.54, 1.807) is 6.33 Å². The average molecular weight is 362 g/mol. The lowest BCUT2D eigenvalue weighted by Gasteiger charge is -2.02. The van der Waals surface area contributed by atoms with Gasteiger partial charge in [-0.05, 0) is 41.5 Å². The van der Waals surface area contributed by atoms with E-state index in [0.29, 0.717) is 0 Å². The van der Waals surface area contributed by atoms with E-state index < -0.39 is 0 Å². The minimum absolute atomic E-state index is 0.864. The minimum Gasteiger partial charge on any atom is -0.353 e. The van der Waals surface area contributed by atoms with Crippen LogP contribution in [-0.4, -0.2) is 19.9 Å². The molecule has 5 aromatic rings. The van der Waals surface area contributed by atoms with Gasteiger partial charge in [-0.1, -0.05) is 60.7 Å². The first-order valence-corrected chi connectivity index (χ1v) is 9.18. The Labute approximate surface area is 163 Å². The largest absolute Gasteiger partial charge is 0.353 e. The lowest BCUT2D eigenvalue weighted by molar-refractivity contribution is 1.15. The first kappa shape index (κ1) is 16.3. The van der Waals surface area contributed by atoms with Gasteiger partial charge in [-0.25, -0.2) is 9.97 Å². The highest BCUT2D eigenvalue weighted by molar-refractivity contribution is 5.71. The molecule has 0 unspecified atom stereocenters. The predicted molar refractivity (Wildman–Crippen MR) is 112 cm³/mol. The molecule has 0 amide bonds. The molecule has 0 aliphatic rings. The number of hydrogen-bond donors (Lipinski definition) is 2. The highest BCUT2D eigenvalue weighted by Gasteiger charge is 2.09. The number of aromatic nitrogens is 4. The van der Waals surface area contributed by atoms with E-state index >= 15 is 0 Å². The molecule has 0 spiro atoms. The summed E-state index contributed by atoms with van der Waals surface area (Å²) in [5.74, 6) is 0. The molecule has 0 bridgehead atoms. The van der Waals surface area contributed by atoms with E-state index in [-0.39, 0.29) is 0 Å². The van der Waals surface area contributed by atoms with E-state index in [0.717, 1.165) is 45.3 Å². The molecule has 28 heavy (non-hydrogen) atoms. The molecule has 2 aromatic carbocycles. The van der Waals surface area contributed by atoms with Crippen molar-refractivity contribution in [2.75, 3.05) is 0 Å². The maximum atomic E-state index is 4.45. The van der Waals surface area contributed by atoms with Gasteiger partial charge >= 0.3 is 0 Å². The Balaban J connectivity index is 1.46. The van der Waals surface area contributed by atoms with Crippen molar-refractivity contribution in [1.29, 1.82) is 0 Å². The zero-order valence-electron chi connectivity index (χ0n) is 15.1. The number of benzene rings is 2. The van der Waals surface area contributed by atoms with Gasteiger partial charge in [0.25, 0.3) is 0 Å². The molecule has 0 radical (unpaired) electrons. The standard InChI is InChI=1S/C24H18N4/c1-3-7-17(8-4-1)19-11-13-21(27-19)23-15-24(26-16-25-23)22-14-12-20(28-22)18-9-5-2-6-10-18/h1-16,27-28H. The van der Waals surface area contributed by atoms with Crippen LogP contribution < -0.4 is 0 Å². The van der Waals surface area contributed by atoms with Gasteiger partial charge in [0.2, 0.25) is 0 Å². The highest BCUT2D eigenvalue weighted by Crippen LogP contribution is 2.27. The van der Waals surface area contributed by atoms with Crippen molar-refractivity contribution in [3.63, 3.8) is 0 Å². The molecule has 3 heterocycles. The summed E-state index contributed by atoms with van der Waals surface area (Å²) in [6.45, 7) is 0. The third-order valence-electron chi connectivity index (χ3n) is 4.76. The summed E-state index contributed by atoms with van der Waals surface area (Å²) in [5, 5.41) is 0. The number of hydrogen-bond acceptors (Lipinski definition) is 2. The summed E-state index contributed by atoms with van der Waals surface area (Å²) in [5.41, 5.74) is 8.12. The molecule has 0 saturated carbocycles. The summed E-state index contributed by atoms with van der Waals surface area (Å²) in [6, 6.07) is 30.8. The topological polar surface area (TPSA) is 57.4 Å². The zero-order chi connectivity index (χ0) is 18.8. The van der Waals surface area contributed by atoms with Crippen LogP contribution in [0.1, 0.15) is 0 Å². The van der Waals surface area contributed by atoms with Gasteiger partial charge in [-0.15, -0.1) is 0 Å². The second-order valence-electron chi connectivity index (χ2n) is 6.59. The van der Waals surface area contributed by atoms with Gasteiger partial charge in [0.05, 0.1) is 22.8 Å². The maximum Gasteiger partial charge on any atom is 0.116 e. The van der Waals surface area contributed by atoms with Crippen molar-refractivity contribution in [2.24, 2.45) is 0 Å². The molecule has 134 valence electrons. The Kier molecular flexibility index (Phi) is 4.07. The second-order valence-corrected chi connectivity index (χ2v) is 6.59. The van der Waals surface area contributed by atoms with Crippen LogP contribution in [0.4, 0.5) is 0 Å². The summed E-state index contributed by atoms with van der Waals surface area (Å²) in [7, 11) is 0. The third kappa shape index (κ3) is 3.12. The van der Waals surface area contributed by atoms with Crippen LogP contribution in [0.5, 0.6) is 0 Å². The van der Waals surface area contributed by atoms with Gasteiger partial charge in [-0.2, -0.15) is 0 Å². The van der Waals surface area contributed by atoms with E-state index in [1.807, 2.05) is 42.5 Å². The van der Waals surface area contributed by atoms with Gasteiger partial charge < -0.3 is 9.97 Å². The molecule has 0 aliphatic carbocycles. The highest BCUT2D eigenvalue weighted by atomic mass is 14.9. The van der Waals surface area contributed by atoms with E-state index in [9.17, 15) is 0 Å². The van der Waals surface area contributed by atoms with Crippen LogP contribution in [0.2, 0.25) is 0 Å². The summed E-state index contributed by atoms with van der Waals surface area (Å²) in [4.78, 5) is 15.8. The second kappa shape index (κ2) is 7.00. The molecule has 0 fully saturated rings. The summed E-state index contributed by atoms with van der Waals surface area (Å²) in [6.07, 6.45) is 1.61. The van der Waals surface area contributed by atoms with Crippen molar-refractivity contribution in [1.82, 2.24) is 19.9 Å². The van der Waals surface area contributed by atoms with Gasteiger partial charge in [0.15, 0.2) is 0 Å². The van der Waals surface area contributed by atoms with Crippen molar-refractivity contribution < 1.29 is 0 Å². The molecular weight excluding hydrogens is 344 g/mol. The lowest BCUT2D eigenvalue weighted by Crippen LogP contribution is -1.90. The molecule has 0 saturated heterocycles. The number of nitrogens with zero attached hydrogens (tertiary/aromatic N) is 2. The van der Waals surface area contributed by atoms with Crippen LogP contribution in [0.3, 0.4) is 0 Å². The monoisotopic (exact) mass is 362 g/mol. The molecule has 4 nitrogen and oxygen atoms in total. The first-order chi connectivity index (χ1) is 13.9. The van der Waals surface area contributed by atoms with Gasteiger partial charge in [0.1, 0.15) is 6.33 Å². The fourth-order valence-electron chi connectivity index (χ4n) is 3.31. The quantitative estimate of drug-likeness (QED) is 0.424. The van der Waals surface area contributed by atoms with Crippen LogP contribution in [-0.2, 0) is 0 Å². The minimum atomic E-state index is 0.864. The normalized spacial score (nSPS) is 10.9. The van der Waals surface area contributed by atoms with Gasteiger partial charge in [0, 0.05) is 11.4 Å². The Morgan fingerprint density at radius 3 is 1.36 bits per heavy atom. The van der Waals surface area contributed by atoms with Crippen LogP contribution in [0.15, 0.2) is 97.3 Å². The molecule has 0 aliphatic heterocycles. The molecule has 5 rings (SSSR count). The third-order valence-corrected chi connectivity index (χ3v) is 4.76. The van der Waals surface area contributed by atoms with E-state index in [1.165, 1.54) is 0 Å². The predicted octanol–water partition coefficient (Wildman–Crippen LogP) is 5.80. The van der Waals surface area contributed by atoms with E-state index in [4.69, 9.17) is 0 Å². The summed E-state index contributed by atoms with van der Waals surface area (Å²) >= 11 is 0. The Morgan fingerprint density at radius 2 is 0.893 bits per heavy atom. The molecule has 2 N–H and O–H groups in total. The smallest absolute Gasteiger partial charge is 0.116 e. The SMILES string of the molecule is c1ccc(-c2ccc(-c3cc(-c4ccc(-c5ccccc5)[nH]4)ncn3)[nH]2)cc1.